The minimum atomic E-state index is -0.439. The van der Waals surface area contributed by atoms with Crippen molar-refractivity contribution in [1.82, 2.24) is 0 Å². The summed E-state index contributed by atoms with van der Waals surface area (Å²) in [6.45, 7) is 0. The third kappa shape index (κ3) is 2.75. The number of rotatable bonds is 4. The molecule has 4 rings (SSSR count). The first-order valence-corrected chi connectivity index (χ1v) is 8.65. The van der Waals surface area contributed by atoms with Gasteiger partial charge in [-0.3, -0.25) is 4.79 Å². The van der Waals surface area contributed by atoms with E-state index < -0.39 is 5.41 Å². The van der Waals surface area contributed by atoms with E-state index in [1.807, 2.05) is 60.7 Å². The molecule has 3 aromatic rings. The molecule has 0 bridgehead atoms. The second kappa shape index (κ2) is 6.08. The van der Waals surface area contributed by atoms with Gasteiger partial charge in [-0.25, -0.2) is 0 Å². The fourth-order valence-corrected chi connectivity index (χ4v) is 3.47. The Labute approximate surface area is 151 Å². The number of nitrogens with one attached hydrogen (secondary N) is 1. The van der Waals surface area contributed by atoms with Crippen molar-refractivity contribution >= 4 is 34.0 Å². The van der Waals surface area contributed by atoms with Gasteiger partial charge in [0.2, 0.25) is 5.91 Å². The molecule has 1 saturated carbocycles. The molecular weight excluding hydrogens is 334 g/mol. The van der Waals surface area contributed by atoms with Crippen molar-refractivity contribution < 1.29 is 9.53 Å². The molecule has 1 N–H and O–H groups in total. The second-order valence-corrected chi connectivity index (χ2v) is 6.84. The summed E-state index contributed by atoms with van der Waals surface area (Å²) in [7, 11) is 1.65. The Morgan fingerprint density at radius 3 is 2.32 bits per heavy atom. The molecule has 0 aliphatic heterocycles. The summed E-state index contributed by atoms with van der Waals surface area (Å²) in [6.07, 6.45) is 1.71. The van der Waals surface area contributed by atoms with Crippen LogP contribution in [0.25, 0.3) is 10.8 Å². The van der Waals surface area contributed by atoms with Gasteiger partial charge >= 0.3 is 0 Å². The van der Waals surface area contributed by atoms with E-state index in [0.717, 1.165) is 40.6 Å². The molecule has 3 nitrogen and oxygen atoms in total. The molecule has 1 amide bonds. The standard InChI is InChI=1S/C21H18ClNO2/c1-25-19-11-10-18(16-4-2-3-5-17(16)19)23-20(24)21(12-13-21)14-6-8-15(22)9-7-14/h2-11H,12-13H2,1H3,(H,23,24). The summed E-state index contributed by atoms with van der Waals surface area (Å²) in [5, 5.41) is 5.77. The van der Waals surface area contributed by atoms with Crippen LogP contribution in [0.1, 0.15) is 18.4 Å². The zero-order chi connectivity index (χ0) is 17.4. The van der Waals surface area contributed by atoms with E-state index in [1.165, 1.54) is 0 Å². The highest BCUT2D eigenvalue weighted by molar-refractivity contribution is 6.30. The molecule has 1 fully saturated rings. The molecule has 25 heavy (non-hydrogen) atoms. The van der Waals surface area contributed by atoms with Crippen molar-refractivity contribution in [2.24, 2.45) is 0 Å². The van der Waals surface area contributed by atoms with E-state index in [0.29, 0.717) is 5.02 Å². The van der Waals surface area contributed by atoms with Gasteiger partial charge < -0.3 is 10.1 Å². The molecule has 3 aromatic carbocycles. The monoisotopic (exact) mass is 351 g/mol. The van der Waals surface area contributed by atoms with Crippen molar-refractivity contribution in [1.29, 1.82) is 0 Å². The van der Waals surface area contributed by atoms with Gasteiger partial charge in [-0.2, -0.15) is 0 Å². The van der Waals surface area contributed by atoms with E-state index in [1.54, 1.807) is 7.11 Å². The lowest BCUT2D eigenvalue weighted by Crippen LogP contribution is -2.27. The summed E-state index contributed by atoms with van der Waals surface area (Å²) in [6, 6.07) is 19.3. The fraction of sp³-hybridized carbons (Fsp3) is 0.190. The lowest BCUT2D eigenvalue weighted by Gasteiger charge is -2.17. The molecule has 0 heterocycles. The van der Waals surface area contributed by atoms with Crippen molar-refractivity contribution in [2.75, 3.05) is 12.4 Å². The summed E-state index contributed by atoms with van der Waals surface area (Å²) in [4.78, 5) is 13.0. The Kier molecular flexibility index (Phi) is 3.89. The van der Waals surface area contributed by atoms with Gasteiger partial charge in [0.05, 0.1) is 12.5 Å². The number of halogens is 1. The number of hydrogen-bond donors (Lipinski definition) is 1. The van der Waals surface area contributed by atoms with Crippen molar-refractivity contribution in [3.63, 3.8) is 0 Å². The summed E-state index contributed by atoms with van der Waals surface area (Å²) >= 11 is 5.97. The van der Waals surface area contributed by atoms with Crippen LogP contribution in [0.4, 0.5) is 5.69 Å². The summed E-state index contributed by atoms with van der Waals surface area (Å²) < 4.78 is 5.42. The van der Waals surface area contributed by atoms with Gasteiger partial charge in [0.25, 0.3) is 0 Å². The number of ether oxygens (including phenoxy) is 1. The van der Waals surface area contributed by atoms with Gasteiger partial charge in [-0.05, 0) is 42.7 Å². The number of amides is 1. The molecule has 126 valence electrons. The second-order valence-electron chi connectivity index (χ2n) is 6.40. The minimum absolute atomic E-state index is 0.0325. The first-order valence-electron chi connectivity index (χ1n) is 8.27. The molecular formula is C21H18ClNO2. The Hall–Kier alpha value is -2.52. The normalized spacial score (nSPS) is 15.0. The molecule has 0 unspecified atom stereocenters. The highest BCUT2D eigenvalue weighted by Gasteiger charge is 2.51. The lowest BCUT2D eigenvalue weighted by molar-refractivity contribution is -0.118. The van der Waals surface area contributed by atoms with Crippen molar-refractivity contribution in [3.05, 3.63) is 71.2 Å². The smallest absolute Gasteiger partial charge is 0.235 e. The Morgan fingerprint density at radius 1 is 1.00 bits per heavy atom. The van der Waals surface area contributed by atoms with Crippen LogP contribution in [-0.4, -0.2) is 13.0 Å². The Balaban J connectivity index is 1.68. The van der Waals surface area contributed by atoms with Crippen molar-refractivity contribution in [2.45, 2.75) is 18.3 Å². The fourth-order valence-electron chi connectivity index (χ4n) is 3.34. The average molecular weight is 352 g/mol. The maximum absolute atomic E-state index is 13.0. The van der Waals surface area contributed by atoms with Crippen LogP contribution in [0, 0.1) is 0 Å². The highest BCUT2D eigenvalue weighted by Crippen LogP contribution is 2.49. The van der Waals surface area contributed by atoms with E-state index in [9.17, 15) is 4.79 Å². The lowest BCUT2D eigenvalue weighted by atomic mass is 9.94. The van der Waals surface area contributed by atoms with Crippen LogP contribution in [-0.2, 0) is 10.2 Å². The average Bonchev–Trinajstić information content (AvgIpc) is 3.44. The van der Waals surface area contributed by atoms with Gasteiger partial charge in [-0.1, -0.05) is 48.0 Å². The maximum Gasteiger partial charge on any atom is 0.235 e. The zero-order valence-electron chi connectivity index (χ0n) is 13.9. The van der Waals surface area contributed by atoms with Crippen LogP contribution < -0.4 is 10.1 Å². The molecule has 4 heteroatoms. The number of hydrogen-bond acceptors (Lipinski definition) is 2. The zero-order valence-corrected chi connectivity index (χ0v) is 14.6. The summed E-state index contributed by atoms with van der Waals surface area (Å²) in [5.74, 6) is 0.831. The van der Waals surface area contributed by atoms with Crippen LogP contribution in [0.5, 0.6) is 5.75 Å². The Bertz CT molecular complexity index is 946. The van der Waals surface area contributed by atoms with Gasteiger partial charge in [-0.15, -0.1) is 0 Å². The Morgan fingerprint density at radius 2 is 1.68 bits per heavy atom. The van der Waals surface area contributed by atoms with Crippen LogP contribution in [0.2, 0.25) is 5.02 Å². The van der Waals surface area contributed by atoms with Gasteiger partial charge in [0, 0.05) is 21.5 Å². The number of methoxy groups -OCH3 is 1. The predicted octanol–water partition coefficient (Wildman–Crippen LogP) is 5.17. The third-order valence-corrected chi connectivity index (χ3v) is 5.19. The van der Waals surface area contributed by atoms with Crippen LogP contribution >= 0.6 is 11.6 Å². The number of benzene rings is 3. The molecule has 0 atom stereocenters. The van der Waals surface area contributed by atoms with Gasteiger partial charge in [0.15, 0.2) is 0 Å². The molecule has 0 radical (unpaired) electrons. The van der Waals surface area contributed by atoms with E-state index in [4.69, 9.17) is 16.3 Å². The van der Waals surface area contributed by atoms with Gasteiger partial charge in [0.1, 0.15) is 5.75 Å². The number of anilines is 1. The van der Waals surface area contributed by atoms with Crippen LogP contribution in [0.15, 0.2) is 60.7 Å². The highest BCUT2D eigenvalue weighted by atomic mass is 35.5. The number of fused-ring (bicyclic) bond motifs is 1. The molecule has 0 saturated heterocycles. The predicted molar refractivity (Wildman–Crippen MR) is 101 cm³/mol. The first-order chi connectivity index (χ1) is 12.1. The van der Waals surface area contributed by atoms with E-state index >= 15 is 0 Å². The van der Waals surface area contributed by atoms with Crippen molar-refractivity contribution in [3.8, 4) is 5.75 Å². The molecule has 1 aliphatic carbocycles. The maximum atomic E-state index is 13.0. The number of carbonyl (C=O) groups is 1. The number of carbonyl (C=O) groups excluding carboxylic acids is 1. The SMILES string of the molecule is COc1ccc(NC(=O)C2(c3ccc(Cl)cc3)CC2)c2ccccc12. The molecule has 1 aliphatic rings. The quantitative estimate of drug-likeness (QED) is 0.704. The largest absolute Gasteiger partial charge is 0.496 e. The minimum Gasteiger partial charge on any atom is -0.496 e. The third-order valence-electron chi connectivity index (χ3n) is 4.93. The molecule has 0 aromatic heterocycles. The molecule has 0 spiro atoms. The topological polar surface area (TPSA) is 38.3 Å². The first kappa shape index (κ1) is 16.0. The van der Waals surface area contributed by atoms with E-state index in [2.05, 4.69) is 5.32 Å². The van der Waals surface area contributed by atoms with Crippen LogP contribution in [0.3, 0.4) is 0 Å². The summed E-state index contributed by atoms with van der Waals surface area (Å²) in [5.41, 5.74) is 1.39. The van der Waals surface area contributed by atoms with E-state index in [-0.39, 0.29) is 5.91 Å².